The molecule has 7 heteroatoms. The topological polar surface area (TPSA) is 37.3 Å². The summed E-state index contributed by atoms with van der Waals surface area (Å²) in [5.74, 6) is -0.873. The average Bonchev–Trinajstić information content (AvgIpc) is 1.61. The Hall–Kier alpha value is 4.21. The number of carboxylic acids is 1. The molecular weight excluding hydrogens is 207 g/mol. The molecule has 2 nitrogen and oxygen atoms in total. The second-order valence-electron chi connectivity index (χ2n) is 1.15. The van der Waals surface area contributed by atoms with Crippen molar-refractivity contribution in [1.82, 2.24) is 0 Å². The van der Waals surface area contributed by atoms with Gasteiger partial charge in [0.15, 0.2) is 0 Å². The molecule has 45 valence electrons. The van der Waals surface area contributed by atoms with Crippen molar-refractivity contribution < 1.29 is 9.90 Å². The van der Waals surface area contributed by atoms with E-state index >= 15 is 0 Å². The van der Waals surface area contributed by atoms with Crippen LogP contribution in [-0.2, 0) is 4.79 Å². The molecule has 0 fully saturated rings. The Morgan fingerprint density at radius 3 is 1.58 bits per heavy atom. The van der Waals surface area contributed by atoms with Crippen LogP contribution in [0.25, 0.3) is 0 Å². The Balaban J connectivity index is -0.0000000180. The van der Waals surface area contributed by atoms with Crippen LogP contribution < -0.4 is 0 Å². The standard InChI is InChI=1S/C5H8O2.5Na/c1-2-3-4-5(6)7;;;;;/h3-4H,2H2,1H3,(H,6,7);;;;;. The van der Waals surface area contributed by atoms with Gasteiger partial charge in [-0.05, 0) is 6.42 Å². The van der Waals surface area contributed by atoms with Crippen molar-refractivity contribution in [2.24, 2.45) is 0 Å². The van der Waals surface area contributed by atoms with Gasteiger partial charge in [-0.3, -0.25) is 0 Å². The van der Waals surface area contributed by atoms with Crippen molar-refractivity contribution in [2.45, 2.75) is 13.3 Å². The zero-order chi connectivity index (χ0) is 5.70. The molecule has 0 aliphatic rings. The first kappa shape index (κ1) is 36.0. The van der Waals surface area contributed by atoms with Gasteiger partial charge in [0.1, 0.15) is 0 Å². The first-order chi connectivity index (χ1) is 3.27. The second-order valence-corrected chi connectivity index (χ2v) is 1.15. The number of carboxylic acid groups (broad SMARTS) is 1. The van der Waals surface area contributed by atoms with E-state index in [4.69, 9.17) is 5.11 Å². The van der Waals surface area contributed by atoms with Gasteiger partial charge in [-0.25, -0.2) is 4.79 Å². The van der Waals surface area contributed by atoms with Crippen LogP contribution in [-0.4, -0.2) is 159 Å². The van der Waals surface area contributed by atoms with E-state index in [2.05, 4.69) is 0 Å². The maximum atomic E-state index is 9.67. The first-order valence-corrected chi connectivity index (χ1v) is 2.17. The smallest absolute Gasteiger partial charge is 0.327 e. The van der Waals surface area contributed by atoms with Crippen molar-refractivity contribution >= 4 is 154 Å². The maximum absolute atomic E-state index is 9.67. The largest absolute Gasteiger partial charge is 0.478 e. The van der Waals surface area contributed by atoms with Crippen LogP contribution in [0.4, 0.5) is 0 Å². The van der Waals surface area contributed by atoms with Crippen molar-refractivity contribution in [3.05, 3.63) is 12.2 Å². The Labute approximate surface area is 185 Å². The van der Waals surface area contributed by atoms with Gasteiger partial charge in [-0.1, -0.05) is 13.0 Å². The fraction of sp³-hybridized carbons (Fsp3) is 0.400. The monoisotopic (exact) mass is 215 g/mol. The molecule has 0 bridgehead atoms. The van der Waals surface area contributed by atoms with Crippen molar-refractivity contribution in [1.29, 1.82) is 0 Å². The van der Waals surface area contributed by atoms with Gasteiger partial charge < -0.3 is 5.11 Å². The van der Waals surface area contributed by atoms with Crippen LogP contribution in [0.15, 0.2) is 12.2 Å². The summed E-state index contributed by atoms with van der Waals surface area (Å²) >= 11 is 0. The summed E-state index contributed by atoms with van der Waals surface area (Å²) in [7, 11) is 0. The first-order valence-electron chi connectivity index (χ1n) is 2.17. The third kappa shape index (κ3) is 36.8. The quantitative estimate of drug-likeness (QED) is 0.480. The van der Waals surface area contributed by atoms with E-state index in [0.717, 1.165) is 12.5 Å². The summed E-state index contributed by atoms with van der Waals surface area (Å²) in [6, 6.07) is 0. The molecule has 0 spiro atoms. The summed E-state index contributed by atoms with van der Waals surface area (Å²) in [5.41, 5.74) is 0. The predicted molar refractivity (Wildman–Crippen MR) is 55.8 cm³/mol. The van der Waals surface area contributed by atoms with E-state index in [1.165, 1.54) is 0 Å². The number of carbonyl (C=O) groups is 1. The van der Waals surface area contributed by atoms with Crippen LogP contribution in [0.3, 0.4) is 0 Å². The van der Waals surface area contributed by atoms with E-state index in [9.17, 15) is 4.79 Å². The van der Waals surface area contributed by atoms with Crippen molar-refractivity contribution in [2.75, 3.05) is 0 Å². The molecule has 0 aromatic carbocycles. The summed E-state index contributed by atoms with van der Waals surface area (Å²) in [4.78, 5) is 9.67. The number of hydrogen-bond acceptors (Lipinski definition) is 1. The maximum Gasteiger partial charge on any atom is 0.327 e. The molecule has 0 aliphatic heterocycles. The van der Waals surface area contributed by atoms with E-state index in [0.29, 0.717) is 0 Å². The minimum atomic E-state index is -0.873. The predicted octanol–water partition coefficient (Wildman–Crippen LogP) is -0.867. The molecule has 12 heavy (non-hydrogen) atoms. The number of allylic oxidation sites excluding steroid dienone is 1. The Morgan fingerprint density at radius 1 is 1.17 bits per heavy atom. The third-order valence-electron chi connectivity index (χ3n) is 0.496. The third-order valence-corrected chi connectivity index (χ3v) is 0.496. The van der Waals surface area contributed by atoms with E-state index in [1.807, 2.05) is 6.92 Å². The minimum absolute atomic E-state index is 0. The van der Waals surface area contributed by atoms with Crippen LogP contribution in [0, 0.1) is 0 Å². The molecule has 0 aromatic rings. The number of aliphatic carboxylic acids is 1. The zero-order valence-electron chi connectivity index (χ0n) is 9.22. The molecular formula is C5H8Na5O2. The number of rotatable bonds is 2. The molecule has 0 heterocycles. The van der Waals surface area contributed by atoms with Gasteiger partial charge >= 0.3 is 5.97 Å². The van der Waals surface area contributed by atoms with Crippen molar-refractivity contribution in [3.8, 4) is 0 Å². The molecule has 0 rings (SSSR count). The van der Waals surface area contributed by atoms with Gasteiger partial charge in [0, 0.05) is 154 Å². The van der Waals surface area contributed by atoms with Gasteiger partial charge in [-0.2, -0.15) is 0 Å². The van der Waals surface area contributed by atoms with Gasteiger partial charge in [0.2, 0.25) is 0 Å². The second kappa shape index (κ2) is 29.5. The van der Waals surface area contributed by atoms with Crippen LogP contribution in [0.1, 0.15) is 13.3 Å². The van der Waals surface area contributed by atoms with E-state index in [1.54, 1.807) is 6.08 Å². The Bertz CT molecular complexity index is 95.8. The fourth-order valence-electron chi connectivity index (χ4n) is 0.219. The molecule has 0 amide bonds. The van der Waals surface area contributed by atoms with Crippen LogP contribution in [0.2, 0.25) is 0 Å². The normalized spacial score (nSPS) is 5.75. The molecule has 0 aliphatic carbocycles. The molecule has 0 saturated carbocycles. The molecule has 5 radical (unpaired) electrons. The van der Waals surface area contributed by atoms with Gasteiger partial charge in [0.25, 0.3) is 0 Å². The molecule has 0 aromatic heterocycles. The number of hydrogen-bond donors (Lipinski definition) is 1. The zero-order valence-corrected chi connectivity index (χ0v) is 19.2. The van der Waals surface area contributed by atoms with Gasteiger partial charge in [0.05, 0.1) is 0 Å². The SMILES string of the molecule is CCC=CC(=O)O.[Na].[Na].[Na].[Na].[Na]. The van der Waals surface area contributed by atoms with Gasteiger partial charge in [-0.15, -0.1) is 0 Å². The summed E-state index contributed by atoms with van der Waals surface area (Å²) in [6.45, 7) is 1.89. The summed E-state index contributed by atoms with van der Waals surface area (Å²) in [5, 5.41) is 7.96. The van der Waals surface area contributed by atoms with Crippen LogP contribution >= 0.6 is 0 Å². The molecule has 0 unspecified atom stereocenters. The average molecular weight is 215 g/mol. The van der Waals surface area contributed by atoms with E-state index in [-0.39, 0.29) is 148 Å². The molecule has 0 saturated heterocycles. The van der Waals surface area contributed by atoms with Crippen molar-refractivity contribution in [3.63, 3.8) is 0 Å². The summed E-state index contributed by atoms with van der Waals surface area (Å²) in [6.07, 6.45) is 3.52. The van der Waals surface area contributed by atoms with Crippen LogP contribution in [0.5, 0.6) is 0 Å². The fourth-order valence-corrected chi connectivity index (χ4v) is 0.219. The Morgan fingerprint density at radius 2 is 1.50 bits per heavy atom. The Kier molecular flexibility index (Phi) is 88.3. The molecule has 1 N–H and O–H groups in total. The molecule has 0 atom stereocenters. The minimum Gasteiger partial charge on any atom is -0.478 e. The van der Waals surface area contributed by atoms with E-state index < -0.39 is 5.97 Å². The summed E-state index contributed by atoms with van der Waals surface area (Å²) < 4.78 is 0.